The summed E-state index contributed by atoms with van der Waals surface area (Å²) < 4.78 is 0. The van der Waals surface area contributed by atoms with E-state index >= 15 is 0 Å². The van der Waals surface area contributed by atoms with Crippen LogP contribution >= 0.6 is 0 Å². The van der Waals surface area contributed by atoms with Crippen LogP contribution in [0.3, 0.4) is 0 Å². The van der Waals surface area contributed by atoms with Gasteiger partial charge in [-0.15, -0.1) is 0 Å². The molecule has 1 amide bonds. The van der Waals surface area contributed by atoms with Crippen molar-refractivity contribution in [2.45, 2.75) is 6.92 Å². The van der Waals surface area contributed by atoms with Crippen molar-refractivity contribution < 1.29 is 4.79 Å². The number of likely N-dealkylation sites (N-methyl/N-ethyl adjacent to an activating group) is 1. The zero-order valence-corrected chi connectivity index (χ0v) is 11.6. The lowest BCUT2D eigenvalue weighted by Gasteiger charge is -2.08. The Bertz CT molecular complexity index is 684. The van der Waals surface area contributed by atoms with Crippen molar-refractivity contribution in [3.63, 3.8) is 0 Å². The number of aromatic nitrogens is 1. The van der Waals surface area contributed by atoms with Crippen molar-refractivity contribution >= 4 is 22.5 Å². The van der Waals surface area contributed by atoms with Crippen LogP contribution in [0.1, 0.15) is 6.92 Å². The predicted molar refractivity (Wildman–Crippen MR) is 82.3 cm³/mol. The zero-order chi connectivity index (χ0) is 14.5. The minimum absolute atomic E-state index is 0.188. The Morgan fingerprint density at radius 1 is 1.30 bits per heavy atom. The summed E-state index contributed by atoms with van der Waals surface area (Å²) in [5, 5.41) is 7.83. The minimum Gasteiger partial charge on any atom is -0.355 e. The molecule has 4 heteroatoms. The number of fused-ring (bicyclic) bond motifs is 1. The fraction of sp³-hybridized carbons (Fsp3) is 0.125. The maximum Gasteiger partial charge on any atom is 0.250 e. The second-order valence-corrected chi connectivity index (χ2v) is 4.41. The van der Waals surface area contributed by atoms with E-state index in [0.717, 1.165) is 22.2 Å². The normalized spacial score (nSPS) is 11.2. The quantitative estimate of drug-likeness (QED) is 0.661. The number of carbonyl (C=O) groups excluding carboxylic acids is 1. The first-order valence-corrected chi connectivity index (χ1v) is 6.32. The van der Waals surface area contributed by atoms with Gasteiger partial charge in [-0.25, -0.2) is 4.98 Å². The first kappa shape index (κ1) is 13.8. The molecule has 2 N–H and O–H groups in total. The molecule has 20 heavy (non-hydrogen) atoms. The van der Waals surface area contributed by atoms with Crippen LogP contribution in [-0.4, -0.2) is 17.9 Å². The Morgan fingerprint density at radius 2 is 2.05 bits per heavy atom. The molecule has 1 heterocycles. The molecule has 0 saturated carbocycles. The average Bonchev–Trinajstić information content (AvgIpc) is 2.50. The van der Waals surface area contributed by atoms with Crippen molar-refractivity contribution in [1.82, 2.24) is 10.3 Å². The Morgan fingerprint density at radius 3 is 2.80 bits per heavy atom. The van der Waals surface area contributed by atoms with Gasteiger partial charge in [0.05, 0.1) is 0 Å². The van der Waals surface area contributed by atoms with Gasteiger partial charge >= 0.3 is 0 Å². The summed E-state index contributed by atoms with van der Waals surface area (Å²) in [6.07, 6.45) is 3.49. The van der Waals surface area contributed by atoms with Crippen LogP contribution in [-0.2, 0) is 4.79 Å². The molecule has 0 aliphatic carbocycles. The van der Waals surface area contributed by atoms with Gasteiger partial charge in [-0.1, -0.05) is 30.8 Å². The van der Waals surface area contributed by atoms with E-state index in [1.807, 2.05) is 37.3 Å². The Balaban J connectivity index is 2.25. The largest absolute Gasteiger partial charge is 0.355 e. The number of amides is 1. The van der Waals surface area contributed by atoms with Crippen molar-refractivity contribution in [3.05, 3.63) is 60.5 Å². The standard InChI is InChI=1S/C16H17N3O/c1-11(12(2)16(20)17-3)10-19-15-14-7-5-4-6-13(14)8-9-18-15/h4-10H,2H2,1,3H3,(H,17,20)(H,18,19)/b11-10-. The van der Waals surface area contributed by atoms with Gasteiger partial charge in [-0.2, -0.15) is 0 Å². The zero-order valence-electron chi connectivity index (χ0n) is 11.6. The van der Waals surface area contributed by atoms with Crippen LogP contribution in [0.5, 0.6) is 0 Å². The summed E-state index contributed by atoms with van der Waals surface area (Å²) in [7, 11) is 1.58. The number of nitrogens with zero attached hydrogens (tertiary/aromatic N) is 1. The van der Waals surface area contributed by atoms with E-state index in [4.69, 9.17) is 0 Å². The molecule has 0 fully saturated rings. The summed E-state index contributed by atoms with van der Waals surface area (Å²) in [5.74, 6) is 0.568. The fourth-order valence-electron chi connectivity index (χ4n) is 1.83. The van der Waals surface area contributed by atoms with Gasteiger partial charge in [0.1, 0.15) is 5.82 Å². The van der Waals surface area contributed by atoms with E-state index < -0.39 is 0 Å². The van der Waals surface area contributed by atoms with Gasteiger partial charge < -0.3 is 10.6 Å². The van der Waals surface area contributed by atoms with E-state index in [-0.39, 0.29) is 5.91 Å². The van der Waals surface area contributed by atoms with E-state index in [2.05, 4.69) is 22.2 Å². The summed E-state index contributed by atoms with van der Waals surface area (Å²) in [6, 6.07) is 9.94. The fourth-order valence-corrected chi connectivity index (χ4v) is 1.83. The molecule has 2 rings (SSSR count). The third kappa shape index (κ3) is 2.85. The summed E-state index contributed by atoms with van der Waals surface area (Å²) in [4.78, 5) is 15.8. The molecule has 1 aromatic carbocycles. The second kappa shape index (κ2) is 6.02. The molecular weight excluding hydrogens is 250 g/mol. The third-order valence-corrected chi connectivity index (χ3v) is 3.08. The number of rotatable bonds is 4. The SMILES string of the molecule is C=C(C(=O)NC)/C(C)=C\Nc1nccc2ccccc12. The van der Waals surface area contributed by atoms with Crippen LogP contribution < -0.4 is 10.6 Å². The van der Waals surface area contributed by atoms with E-state index in [0.29, 0.717) is 5.57 Å². The molecule has 0 bridgehead atoms. The lowest BCUT2D eigenvalue weighted by molar-refractivity contribution is -0.116. The summed E-state index contributed by atoms with van der Waals surface area (Å²) >= 11 is 0. The second-order valence-electron chi connectivity index (χ2n) is 4.41. The number of benzene rings is 1. The van der Waals surface area contributed by atoms with E-state index in [1.165, 1.54) is 0 Å². The number of nitrogens with one attached hydrogen (secondary N) is 2. The van der Waals surface area contributed by atoms with Gasteiger partial charge in [-0.05, 0) is 23.9 Å². The maximum atomic E-state index is 11.5. The number of carbonyl (C=O) groups is 1. The van der Waals surface area contributed by atoms with Crippen LogP contribution in [0.4, 0.5) is 5.82 Å². The molecule has 0 unspecified atom stereocenters. The molecule has 0 atom stereocenters. The molecule has 0 aliphatic rings. The van der Waals surface area contributed by atoms with E-state index in [9.17, 15) is 4.79 Å². The number of pyridine rings is 1. The topological polar surface area (TPSA) is 54.0 Å². The minimum atomic E-state index is -0.188. The highest BCUT2D eigenvalue weighted by Crippen LogP contribution is 2.20. The molecule has 0 radical (unpaired) electrons. The molecule has 1 aromatic heterocycles. The van der Waals surface area contributed by atoms with Crippen LogP contribution in [0.25, 0.3) is 10.8 Å². The van der Waals surface area contributed by atoms with Crippen molar-refractivity contribution in [2.75, 3.05) is 12.4 Å². The summed E-state index contributed by atoms with van der Waals surface area (Å²) in [6.45, 7) is 5.59. The van der Waals surface area contributed by atoms with Crippen molar-refractivity contribution in [1.29, 1.82) is 0 Å². The first-order chi connectivity index (χ1) is 9.63. The molecule has 102 valence electrons. The van der Waals surface area contributed by atoms with Gasteiger partial charge in [0, 0.05) is 30.4 Å². The lowest BCUT2D eigenvalue weighted by Crippen LogP contribution is -2.20. The molecule has 4 nitrogen and oxygen atoms in total. The molecule has 0 spiro atoms. The molecule has 0 aliphatic heterocycles. The highest BCUT2D eigenvalue weighted by molar-refractivity contribution is 5.97. The Hall–Kier alpha value is -2.62. The highest BCUT2D eigenvalue weighted by Gasteiger charge is 2.06. The van der Waals surface area contributed by atoms with Gasteiger partial charge in [0.15, 0.2) is 0 Å². The molecule has 0 saturated heterocycles. The monoisotopic (exact) mass is 267 g/mol. The van der Waals surface area contributed by atoms with Crippen LogP contribution in [0, 0.1) is 0 Å². The Labute approximate surface area is 118 Å². The third-order valence-electron chi connectivity index (χ3n) is 3.08. The number of anilines is 1. The van der Waals surface area contributed by atoms with E-state index in [1.54, 1.807) is 19.4 Å². The predicted octanol–water partition coefficient (Wildman–Crippen LogP) is 2.85. The van der Waals surface area contributed by atoms with Gasteiger partial charge in [0.25, 0.3) is 5.91 Å². The first-order valence-electron chi connectivity index (χ1n) is 6.32. The molecule has 2 aromatic rings. The molecular formula is C16H17N3O. The van der Waals surface area contributed by atoms with Crippen molar-refractivity contribution in [2.24, 2.45) is 0 Å². The average molecular weight is 267 g/mol. The van der Waals surface area contributed by atoms with Gasteiger partial charge in [0.2, 0.25) is 0 Å². The highest BCUT2D eigenvalue weighted by atomic mass is 16.1. The Kier molecular flexibility index (Phi) is 4.15. The van der Waals surface area contributed by atoms with Crippen molar-refractivity contribution in [3.8, 4) is 0 Å². The number of hydrogen-bond donors (Lipinski definition) is 2. The van der Waals surface area contributed by atoms with Crippen LogP contribution in [0.15, 0.2) is 60.5 Å². The van der Waals surface area contributed by atoms with Crippen LogP contribution in [0.2, 0.25) is 0 Å². The lowest BCUT2D eigenvalue weighted by atomic mass is 10.1. The maximum absolute atomic E-state index is 11.5. The number of hydrogen-bond acceptors (Lipinski definition) is 3. The summed E-state index contributed by atoms with van der Waals surface area (Å²) in [5.41, 5.74) is 1.19. The van der Waals surface area contributed by atoms with Gasteiger partial charge in [-0.3, -0.25) is 4.79 Å². The smallest absolute Gasteiger partial charge is 0.250 e.